The minimum absolute atomic E-state index is 0.740. The predicted octanol–water partition coefficient (Wildman–Crippen LogP) is 5.60. The SMILES string of the molecule is Clc1ccccc1CCNSc1ccc(Br)cc1Cl. The van der Waals surface area contributed by atoms with Gasteiger partial charge >= 0.3 is 0 Å². The number of nitrogens with one attached hydrogen (secondary N) is 1. The van der Waals surface area contributed by atoms with E-state index in [1.54, 1.807) is 0 Å². The van der Waals surface area contributed by atoms with Gasteiger partial charge in [0, 0.05) is 20.9 Å². The lowest BCUT2D eigenvalue weighted by Crippen LogP contribution is -2.08. The van der Waals surface area contributed by atoms with Gasteiger partial charge in [-0.25, -0.2) is 0 Å². The molecule has 0 spiro atoms. The lowest BCUT2D eigenvalue weighted by atomic mass is 10.1. The largest absolute Gasteiger partial charge is 0.260 e. The first-order chi connectivity index (χ1) is 9.16. The average molecular weight is 377 g/mol. The molecule has 2 rings (SSSR count). The number of halogens is 3. The maximum absolute atomic E-state index is 6.14. The fraction of sp³-hybridized carbons (Fsp3) is 0.143. The number of hydrogen-bond donors (Lipinski definition) is 1. The third kappa shape index (κ3) is 4.69. The molecule has 0 saturated carbocycles. The summed E-state index contributed by atoms with van der Waals surface area (Å²) in [4.78, 5) is 1.02. The summed E-state index contributed by atoms with van der Waals surface area (Å²) in [5.41, 5.74) is 1.15. The predicted molar refractivity (Wildman–Crippen MR) is 88.2 cm³/mol. The zero-order valence-corrected chi connectivity index (χ0v) is 13.9. The van der Waals surface area contributed by atoms with Crippen LogP contribution in [0.2, 0.25) is 10.0 Å². The van der Waals surface area contributed by atoms with Gasteiger partial charge in [0.1, 0.15) is 0 Å². The molecule has 2 aromatic carbocycles. The maximum atomic E-state index is 6.14. The molecule has 0 fully saturated rings. The van der Waals surface area contributed by atoms with Crippen LogP contribution >= 0.6 is 51.1 Å². The third-order valence-electron chi connectivity index (χ3n) is 2.53. The highest BCUT2D eigenvalue weighted by Crippen LogP contribution is 2.28. The van der Waals surface area contributed by atoms with Crippen LogP contribution in [0.4, 0.5) is 0 Å². The molecule has 0 aliphatic heterocycles. The summed E-state index contributed by atoms with van der Waals surface area (Å²) in [6.45, 7) is 0.834. The van der Waals surface area contributed by atoms with Gasteiger partial charge in [0.25, 0.3) is 0 Å². The smallest absolute Gasteiger partial charge is 0.0566 e. The number of rotatable bonds is 5. The summed E-state index contributed by atoms with van der Waals surface area (Å²) >= 11 is 17.2. The topological polar surface area (TPSA) is 12.0 Å². The molecule has 0 heterocycles. The quantitative estimate of drug-likeness (QED) is 0.538. The first kappa shape index (κ1) is 15.2. The molecule has 1 nitrogen and oxygen atoms in total. The molecule has 0 amide bonds. The Bertz CT molecular complexity index is 563. The minimum atomic E-state index is 0.740. The highest BCUT2D eigenvalue weighted by atomic mass is 79.9. The zero-order valence-electron chi connectivity index (χ0n) is 10.00. The minimum Gasteiger partial charge on any atom is -0.260 e. The van der Waals surface area contributed by atoms with Crippen molar-refractivity contribution in [3.05, 3.63) is 62.5 Å². The van der Waals surface area contributed by atoms with Crippen LogP contribution < -0.4 is 4.72 Å². The molecule has 0 aliphatic carbocycles. The van der Waals surface area contributed by atoms with E-state index in [1.807, 2.05) is 42.5 Å². The lowest BCUT2D eigenvalue weighted by molar-refractivity contribution is 0.908. The standard InChI is InChI=1S/C14H12BrCl2NS/c15-11-5-6-14(13(17)9-11)19-18-8-7-10-3-1-2-4-12(10)16/h1-6,9,18H,7-8H2. The van der Waals surface area contributed by atoms with Gasteiger partial charge in [0.15, 0.2) is 0 Å². The van der Waals surface area contributed by atoms with E-state index in [0.717, 1.165) is 37.9 Å². The van der Waals surface area contributed by atoms with E-state index >= 15 is 0 Å². The highest BCUT2D eigenvalue weighted by Gasteiger charge is 2.02. The number of hydrogen-bond acceptors (Lipinski definition) is 2. The monoisotopic (exact) mass is 375 g/mol. The second kappa shape index (κ2) is 7.55. The van der Waals surface area contributed by atoms with E-state index in [4.69, 9.17) is 23.2 Å². The van der Waals surface area contributed by atoms with Crippen molar-refractivity contribution in [2.45, 2.75) is 11.3 Å². The Morgan fingerprint density at radius 3 is 2.58 bits per heavy atom. The molecule has 2 aromatic rings. The molecular formula is C14H12BrCl2NS. The molecule has 100 valence electrons. The van der Waals surface area contributed by atoms with Gasteiger partial charge in [0.2, 0.25) is 0 Å². The van der Waals surface area contributed by atoms with Gasteiger partial charge < -0.3 is 0 Å². The Balaban J connectivity index is 1.83. The van der Waals surface area contributed by atoms with Crippen LogP contribution in [0.3, 0.4) is 0 Å². The van der Waals surface area contributed by atoms with Crippen molar-refractivity contribution in [3.63, 3.8) is 0 Å². The van der Waals surface area contributed by atoms with E-state index in [1.165, 1.54) is 11.9 Å². The fourth-order valence-corrected chi connectivity index (χ4v) is 3.25. The van der Waals surface area contributed by atoms with Crippen LogP contribution in [0.1, 0.15) is 5.56 Å². The van der Waals surface area contributed by atoms with E-state index in [2.05, 4.69) is 20.7 Å². The molecule has 5 heteroatoms. The summed E-state index contributed by atoms with van der Waals surface area (Å²) in [7, 11) is 0. The molecule has 1 N–H and O–H groups in total. The van der Waals surface area contributed by atoms with E-state index in [9.17, 15) is 0 Å². The zero-order chi connectivity index (χ0) is 13.7. The summed E-state index contributed by atoms with van der Waals surface area (Å²) in [5.74, 6) is 0. The Kier molecular flexibility index (Phi) is 6.05. The summed E-state index contributed by atoms with van der Waals surface area (Å²) in [6, 6.07) is 13.7. The molecule has 0 aliphatic rings. The molecule has 0 radical (unpaired) electrons. The van der Waals surface area contributed by atoms with Crippen LogP contribution in [-0.4, -0.2) is 6.54 Å². The molecule has 0 aromatic heterocycles. The summed E-state index contributed by atoms with van der Waals surface area (Å²) < 4.78 is 4.28. The van der Waals surface area contributed by atoms with Gasteiger partial charge in [-0.3, -0.25) is 4.72 Å². The van der Waals surface area contributed by atoms with Crippen molar-refractivity contribution < 1.29 is 0 Å². The highest BCUT2D eigenvalue weighted by molar-refractivity contribution is 9.10. The van der Waals surface area contributed by atoms with Gasteiger partial charge in [-0.15, -0.1) is 0 Å². The first-order valence-electron chi connectivity index (χ1n) is 5.75. The second-order valence-corrected chi connectivity index (χ2v) is 6.58. The van der Waals surface area contributed by atoms with Crippen LogP contribution in [0.5, 0.6) is 0 Å². The summed E-state index contributed by atoms with van der Waals surface area (Å²) in [6.07, 6.45) is 0.890. The van der Waals surface area contributed by atoms with Crippen molar-refractivity contribution in [1.29, 1.82) is 0 Å². The lowest BCUT2D eigenvalue weighted by Gasteiger charge is -2.07. The second-order valence-electron chi connectivity index (χ2n) is 3.91. The maximum Gasteiger partial charge on any atom is 0.0566 e. The van der Waals surface area contributed by atoms with E-state index < -0.39 is 0 Å². The Hall–Kier alpha value is -0.190. The van der Waals surface area contributed by atoms with E-state index in [-0.39, 0.29) is 0 Å². The fourth-order valence-electron chi connectivity index (χ4n) is 1.57. The van der Waals surface area contributed by atoms with Crippen molar-refractivity contribution in [1.82, 2.24) is 4.72 Å². The van der Waals surface area contributed by atoms with Crippen LogP contribution in [-0.2, 0) is 6.42 Å². The molecule has 0 atom stereocenters. The van der Waals surface area contributed by atoms with Crippen molar-refractivity contribution in [3.8, 4) is 0 Å². The molecular weight excluding hydrogens is 365 g/mol. The van der Waals surface area contributed by atoms with Gasteiger partial charge in [-0.2, -0.15) is 0 Å². The molecule has 0 unspecified atom stereocenters. The van der Waals surface area contributed by atoms with Crippen LogP contribution in [0.25, 0.3) is 0 Å². The van der Waals surface area contributed by atoms with Crippen LogP contribution in [0.15, 0.2) is 51.8 Å². The van der Waals surface area contributed by atoms with Gasteiger partial charge in [-0.1, -0.05) is 57.3 Å². The molecule has 0 saturated heterocycles. The number of benzene rings is 2. The Morgan fingerprint density at radius 2 is 1.84 bits per heavy atom. The third-order valence-corrected chi connectivity index (χ3v) is 4.74. The molecule has 0 bridgehead atoms. The van der Waals surface area contributed by atoms with Gasteiger partial charge in [0.05, 0.1) is 5.02 Å². The normalized spacial score (nSPS) is 10.7. The van der Waals surface area contributed by atoms with E-state index in [0.29, 0.717) is 0 Å². The van der Waals surface area contributed by atoms with Gasteiger partial charge in [-0.05, 0) is 48.2 Å². The van der Waals surface area contributed by atoms with Crippen molar-refractivity contribution in [2.75, 3.05) is 6.54 Å². The average Bonchev–Trinajstić information content (AvgIpc) is 2.38. The van der Waals surface area contributed by atoms with Crippen molar-refractivity contribution >= 4 is 51.1 Å². The van der Waals surface area contributed by atoms with Crippen LogP contribution in [0, 0.1) is 0 Å². The summed E-state index contributed by atoms with van der Waals surface area (Å²) in [5, 5.41) is 1.56. The molecule has 19 heavy (non-hydrogen) atoms. The first-order valence-corrected chi connectivity index (χ1v) is 8.11. The Labute approximate surface area is 136 Å². The Morgan fingerprint density at radius 1 is 1.05 bits per heavy atom. The van der Waals surface area contributed by atoms with Crippen molar-refractivity contribution in [2.24, 2.45) is 0 Å².